The maximum absolute atomic E-state index is 4.47. The Bertz CT molecular complexity index is 330. The van der Waals surface area contributed by atoms with Crippen LogP contribution in [0.15, 0.2) is 35.4 Å². The molecule has 0 radical (unpaired) electrons. The summed E-state index contributed by atoms with van der Waals surface area (Å²) < 4.78 is 4.47. The van der Waals surface area contributed by atoms with Crippen molar-refractivity contribution in [1.29, 1.82) is 0 Å². The van der Waals surface area contributed by atoms with Gasteiger partial charge in [0.25, 0.3) is 0 Å². The minimum absolute atomic E-state index is 0.720. The Hall–Kier alpha value is -1.71. The summed E-state index contributed by atoms with van der Waals surface area (Å²) in [6, 6.07) is 3.88. The van der Waals surface area contributed by atoms with Crippen molar-refractivity contribution in [2.45, 2.75) is 6.42 Å². The van der Waals surface area contributed by atoms with Crippen molar-refractivity contribution in [2.75, 3.05) is 0 Å². The monoisotopic (exact) mass is 161 g/mol. The average Bonchev–Trinajstić information content (AvgIpc) is 2.59. The molecular weight excluding hydrogens is 154 g/mol. The minimum Gasteiger partial charge on any atom is -0.264 e. The number of hydrogen-bond donors (Lipinski definition) is 0. The minimum atomic E-state index is 0.720. The van der Waals surface area contributed by atoms with Gasteiger partial charge in [-0.05, 0) is 11.6 Å². The normalized spacial score (nSPS) is 10.0. The van der Waals surface area contributed by atoms with E-state index in [0.29, 0.717) is 0 Å². The molecule has 0 amide bonds. The van der Waals surface area contributed by atoms with Gasteiger partial charge in [-0.3, -0.25) is 4.98 Å². The first-order valence-corrected chi connectivity index (χ1v) is 3.60. The van der Waals surface area contributed by atoms with Crippen LogP contribution in [0.25, 0.3) is 0 Å². The van der Waals surface area contributed by atoms with Crippen molar-refractivity contribution in [2.24, 2.45) is 0 Å². The molecule has 0 atom stereocenters. The molecule has 2 aromatic heterocycles. The summed E-state index contributed by atoms with van der Waals surface area (Å²) in [6.07, 6.45) is 5.86. The van der Waals surface area contributed by atoms with E-state index in [-0.39, 0.29) is 0 Å². The third-order valence-electron chi connectivity index (χ3n) is 1.51. The van der Waals surface area contributed by atoms with Gasteiger partial charge in [0.15, 0.2) is 0 Å². The molecule has 0 saturated carbocycles. The lowest BCUT2D eigenvalue weighted by molar-refractivity contribution is 0.303. The Balaban J connectivity index is 2.15. The SMILES string of the molecule is c1cncc(Cc2cnon2)c1. The summed E-state index contributed by atoms with van der Waals surface area (Å²) in [5.74, 6) is 0. The predicted octanol–water partition coefficient (Wildman–Crippen LogP) is 1.06. The van der Waals surface area contributed by atoms with Crippen molar-refractivity contribution in [1.82, 2.24) is 15.3 Å². The highest BCUT2D eigenvalue weighted by Gasteiger charge is 1.98. The van der Waals surface area contributed by atoms with Gasteiger partial charge in [-0.15, -0.1) is 0 Å². The fraction of sp³-hybridized carbons (Fsp3) is 0.125. The molecule has 60 valence electrons. The van der Waals surface area contributed by atoms with Gasteiger partial charge in [0.2, 0.25) is 0 Å². The summed E-state index contributed by atoms with van der Waals surface area (Å²) in [5, 5.41) is 7.21. The maximum atomic E-state index is 4.47. The Kier molecular flexibility index (Phi) is 1.82. The van der Waals surface area contributed by atoms with Crippen LogP contribution in [-0.4, -0.2) is 15.3 Å². The highest BCUT2D eigenvalue weighted by molar-refractivity contribution is 5.15. The average molecular weight is 161 g/mol. The van der Waals surface area contributed by atoms with E-state index in [9.17, 15) is 0 Å². The van der Waals surface area contributed by atoms with Gasteiger partial charge in [-0.25, -0.2) is 4.63 Å². The summed E-state index contributed by atoms with van der Waals surface area (Å²) in [6.45, 7) is 0. The summed E-state index contributed by atoms with van der Waals surface area (Å²) in [7, 11) is 0. The number of aromatic nitrogens is 3. The topological polar surface area (TPSA) is 51.8 Å². The Morgan fingerprint density at radius 2 is 2.33 bits per heavy atom. The van der Waals surface area contributed by atoms with Crippen LogP contribution in [0.1, 0.15) is 11.3 Å². The summed E-state index contributed by atoms with van der Waals surface area (Å²) in [5.41, 5.74) is 1.93. The molecular formula is C8H7N3O. The molecule has 2 heterocycles. The second kappa shape index (κ2) is 3.13. The van der Waals surface area contributed by atoms with Crippen LogP contribution in [0, 0.1) is 0 Å². The van der Waals surface area contributed by atoms with E-state index >= 15 is 0 Å². The van der Waals surface area contributed by atoms with Gasteiger partial charge in [0.05, 0.1) is 6.20 Å². The largest absolute Gasteiger partial charge is 0.264 e. The first kappa shape index (κ1) is 6.97. The van der Waals surface area contributed by atoms with Crippen LogP contribution in [0.3, 0.4) is 0 Å². The van der Waals surface area contributed by atoms with Crippen LogP contribution in [-0.2, 0) is 6.42 Å². The van der Waals surface area contributed by atoms with Crippen molar-refractivity contribution in [3.8, 4) is 0 Å². The third kappa shape index (κ3) is 1.47. The third-order valence-corrected chi connectivity index (χ3v) is 1.51. The zero-order chi connectivity index (χ0) is 8.23. The van der Waals surface area contributed by atoms with Gasteiger partial charge in [0.1, 0.15) is 5.69 Å². The predicted molar refractivity (Wildman–Crippen MR) is 41.3 cm³/mol. The molecule has 0 aliphatic carbocycles. The number of pyridine rings is 1. The highest BCUT2D eigenvalue weighted by Crippen LogP contribution is 2.03. The van der Waals surface area contributed by atoms with Crippen LogP contribution in [0.5, 0.6) is 0 Å². The molecule has 0 aromatic carbocycles. The van der Waals surface area contributed by atoms with Crippen LogP contribution < -0.4 is 0 Å². The molecule has 0 saturated heterocycles. The zero-order valence-electron chi connectivity index (χ0n) is 6.34. The molecule has 0 aliphatic heterocycles. The van der Waals surface area contributed by atoms with E-state index in [1.807, 2.05) is 12.1 Å². The molecule has 12 heavy (non-hydrogen) atoms. The number of hydrogen-bond acceptors (Lipinski definition) is 4. The molecule has 2 aromatic rings. The fourth-order valence-corrected chi connectivity index (χ4v) is 0.974. The second-order valence-electron chi connectivity index (χ2n) is 2.44. The van der Waals surface area contributed by atoms with Gasteiger partial charge >= 0.3 is 0 Å². The maximum Gasteiger partial charge on any atom is 0.109 e. The molecule has 0 spiro atoms. The fourth-order valence-electron chi connectivity index (χ4n) is 0.974. The molecule has 2 rings (SSSR count). The molecule has 0 unspecified atom stereocenters. The highest BCUT2D eigenvalue weighted by atomic mass is 16.6. The van der Waals surface area contributed by atoms with E-state index in [2.05, 4.69) is 19.9 Å². The lowest BCUT2D eigenvalue weighted by Gasteiger charge is -1.93. The van der Waals surface area contributed by atoms with E-state index in [4.69, 9.17) is 0 Å². The Morgan fingerprint density at radius 1 is 1.33 bits per heavy atom. The van der Waals surface area contributed by atoms with E-state index in [1.165, 1.54) is 0 Å². The lowest BCUT2D eigenvalue weighted by atomic mass is 10.2. The van der Waals surface area contributed by atoms with Crippen LogP contribution in [0.2, 0.25) is 0 Å². The van der Waals surface area contributed by atoms with Crippen molar-refractivity contribution >= 4 is 0 Å². The summed E-state index contributed by atoms with van der Waals surface area (Å²) >= 11 is 0. The molecule has 0 fully saturated rings. The zero-order valence-corrected chi connectivity index (χ0v) is 6.34. The van der Waals surface area contributed by atoms with Gasteiger partial charge in [-0.2, -0.15) is 0 Å². The first-order chi connectivity index (χ1) is 5.95. The number of rotatable bonds is 2. The van der Waals surface area contributed by atoms with Gasteiger partial charge in [-0.1, -0.05) is 16.4 Å². The van der Waals surface area contributed by atoms with Crippen molar-refractivity contribution < 1.29 is 4.63 Å². The molecule has 0 bridgehead atoms. The molecule has 0 N–H and O–H groups in total. The molecule has 4 nitrogen and oxygen atoms in total. The standard InChI is InChI=1S/C8H7N3O/c1-2-7(5-9-3-1)4-8-6-10-12-11-8/h1-3,5-6H,4H2. The second-order valence-corrected chi connectivity index (χ2v) is 2.44. The van der Waals surface area contributed by atoms with Crippen molar-refractivity contribution in [3.05, 3.63) is 42.0 Å². The van der Waals surface area contributed by atoms with E-state index < -0.39 is 0 Å². The van der Waals surface area contributed by atoms with Crippen LogP contribution in [0.4, 0.5) is 0 Å². The Morgan fingerprint density at radius 3 is 3.00 bits per heavy atom. The lowest BCUT2D eigenvalue weighted by Crippen LogP contribution is -1.87. The van der Waals surface area contributed by atoms with Crippen molar-refractivity contribution in [3.63, 3.8) is 0 Å². The first-order valence-electron chi connectivity index (χ1n) is 3.60. The Labute approximate surface area is 69.2 Å². The number of nitrogens with zero attached hydrogens (tertiary/aromatic N) is 3. The quantitative estimate of drug-likeness (QED) is 0.660. The van der Waals surface area contributed by atoms with Gasteiger partial charge in [0, 0.05) is 18.8 Å². The summed E-state index contributed by atoms with van der Waals surface area (Å²) in [4.78, 5) is 3.99. The van der Waals surface area contributed by atoms with Crippen LogP contribution >= 0.6 is 0 Å². The molecule has 0 aliphatic rings. The molecule has 4 heteroatoms. The smallest absolute Gasteiger partial charge is 0.109 e. The van der Waals surface area contributed by atoms with Gasteiger partial charge < -0.3 is 0 Å². The van der Waals surface area contributed by atoms with E-state index in [0.717, 1.165) is 17.7 Å². The van der Waals surface area contributed by atoms with E-state index in [1.54, 1.807) is 18.6 Å².